The number of nitrogens with zero attached hydrogens (tertiary/aromatic N) is 1. The monoisotopic (exact) mass is 563 g/mol. The van der Waals surface area contributed by atoms with Crippen LogP contribution < -0.4 is 9.47 Å². The van der Waals surface area contributed by atoms with Crippen molar-refractivity contribution in [2.24, 2.45) is 0 Å². The van der Waals surface area contributed by atoms with Crippen molar-refractivity contribution in [1.29, 1.82) is 0 Å². The molecule has 1 saturated heterocycles. The van der Waals surface area contributed by atoms with Gasteiger partial charge < -0.3 is 9.47 Å². The molecule has 0 spiro atoms. The van der Waals surface area contributed by atoms with Gasteiger partial charge in [-0.05, 0) is 76.5 Å². The molecule has 1 aliphatic heterocycles. The Morgan fingerprint density at radius 1 is 0.868 bits per heavy atom. The summed E-state index contributed by atoms with van der Waals surface area (Å²) in [5.41, 5.74) is 2.52. The minimum atomic E-state index is -0.314. The number of rotatable bonds is 8. The van der Waals surface area contributed by atoms with Gasteiger partial charge in [-0.15, -0.1) is 0 Å². The summed E-state index contributed by atoms with van der Waals surface area (Å²) in [4.78, 5) is 27.6. The highest BCUT2D eigenvalue weighted by Crippen LogP contribution is 2.36. The first-order chi connectivity index (χ1) is 18.4. The van der Waals surface area contributed by atoms with E-state index in [1.165, 1.54) is 4.90 Å². The Kier molecular flexibility index (Phi) is 7.93. The molecule has 0 aromatic heterocycles. The van der Waals surface area contributed by atoms with E-state index in [2.05, 4.69) is 0 Å². The SMILES string of the molecule is CCOc1cc(/C=C2/SC(=O)N(Cc3cccc4ccccc34)C2=O)ccc1OCc1ccc(Cl)c(Cl)c1. The van der Waals surface area contributed by atoms with E-state index >= 15 is 0 Å². The lowest BCUT2D eigenvalue weighted by molar-refractivity contribution is -0.123. The smallest absolute Gasteiger partial charge is 0.293 e. The third kappa shape index (κ3) is 5.68. The summed E-state index contributed by atoms with van der Waals surface area (Å²) in [6.07, 6.45) is 1.71. The van der Waals surface area contributed by atoms with E-state index < -0.39 is 0 Å². The first-order valence-corrected chi connectivity index (χ1v) is 13.6. The summed E-state index contributed by atoms with van der Waals surface area (Å²) < 4.78 is 11.8. The molecule has 0 bridgehead atoms. The number of amides is 2. The molecule has 4 aromatic carbocycles. The number of hydrogen-bond acceptors (Lipinski definition) is 5. The quantitative estimate of drug-likeness (QED) is 0.201. The van der Waals surface area contributed by atoms with Gasteiger partial charge in [0.2, 0.25) is 0 Å². The van der Waals surface area contributed by atoms with Crippen LogP contribution in [0, 0.1) is 0 Å². The Morgan fingerprint density at radius 3 is 2.50 bits per heavy atom. The second-order valence-electron chi connectivity index (χ2n) is 8.58. The van der Waals surface area contributed by atoms with E-state index in [-0.39, 0.29) is 24.3 Å². The summed E-state index contributed by atoms with van der Waals surface area (Å²) in [6.45, 7) is 2.82. The van der Waals surface area contributed by atoms with E-state index in [9.17, 15) is 9.59 Å². The largest absolute Gasteiger partial charge is 0.490 e. The van der Waals surface area contributed by atoms with Crippen molar-refractivity contribution >= 4 is 63.0 Å². The highest BCUT2D eigenvalue weighted by molar-refractivity contribution is 8.18. The van der Waals surface area contributed by atoms with E-state index in [1.54, 1.807) is 30.3 Å². The maximum atomic E-state index is 13.2. The number of halogens is 2. The zero-order valence-electron chi connectivity index (χ0n) is 20.4. The molecule has 0 atom stereocenters. The van der Waals surface area contributed by atoms with Crippen molar-refractivity contribution in [3.63, 3.8) is 0 Å². The Balaban J connectivity index is 1.34. The van der Waals surface area contributed by atoms with Crippen molar-refractivity contribution in [3.8, 4) is 11.5 Å². The highest BCUT2D eigenvalue weighted by atomic mass is 35.5. The predicted octanol–water partition coefficient (Wildman–Crippen LogP) is 8.36. The average molecular weight is 564 g/mol. The number of thioether (sulfide) groups is 1. The van der Waals surface area contributed by atoms with Gasteiger partial charge in [-0.25, -0.2) is 0 Å². The molecule has 1 heterocycles. The Labute approximate surface area is 234 Å². The maximum Gasteiger partial charge on any atom is 0.293 e. The van der Waals surface area contributed by atoms with E-state index in [0.717, 1.165) is 39.2 Å². The molecule has 1 fully saturated rings. The third-order valence-corrected chi connectivity index (χ3v) is 7.67. The Hall–Kier alpha value is -3.45. The maximum absolute atomic E-state index is 13.2. The number of ether oxygens (including phenoxy) is 2. The second kappa shape index (κ2) is 11.5. The number of carbonyl (C=O) groups is 2. The molecule has 0 aliphatic carbocycles. The van der Waals surface area contributed by atoms with Crippen LogP contribution in [0.3, 0.4) is 0 Å². The third-order valence-electron chi connectivity index (χ3n) is 6.03. The molecule has 38 heavy (non-hydrogen) atoms. The number of benzene rings is 4. The van der Waals surface area contributed by atoms with Gasteiger partial charge in [0, 0.05) is 0 Å². The fraction of sp³-hybridized carbons (Fsp3) is 0.133. The minimum Gasteiger partial charge on any atom is -0.490 e. The van der Waals surface area contributed by atoms with Gasteiger partial charge in [0.05, 0.1) is 28.1 Å². The van der Waals surface area contributed by atoms with Crippen LogP contribution in [0.15, 0.2) is 83.8 Å². The fourth-order valence-corrected chi connectivity index (χ4v) is 5.34. The van der Waals surface area contributed by atoms with Gasteiger partial charge in [-0.1, -0.05) is 77.8 Å². The fourth-order valence-electron chi connectivity index (χ4n) is 4.18. The van der Waals surface area contributed by atoms with E-state index in [1.807, 2.05) is 61.5 Å². The Morgan fingerprint density at radius 2 is 1.68 bits per heavy atom. The van der Waals surface area contributed by atoms with Crippen molar-refractivity contribution < 1.29 is 19.1 Å². The summed E-state index contributed by atoms with van der Waals surface area (Å²) in [7, 11) is 0. The second-order valence-corrected chi connectivity index (χ2v) is 10.4. The normalized spacial score (nSPS) is 14.5. The molecule has 8 heteroatoms. The van der Waals surface area contributed by atoms with Crippen LogP contribution in [-0.2, 0) is 17.9 Å². The van der Waals surface area contributed by atoms with Gasteiger partial charge in [0.25, 0.3) is 11.1 Å². The first kappa shape index (κ1) is 26.2. The van der Waals surface area contributed by atoms with Crippen molar-refractivity contribution in [2.45, 2.75) is 20.1 Å². The summed E-state index contributed by atoms with van der Waals surface area (Å²) in [6, 6.07) is 24.6. The van der Waals surface area contributed by atoms with Gasteiger partial charge in [-0.2, -0.15) is 0 Å². The van der Waals surface area contributed by atoms with Crippen molar-refractivity contribution in [3.05, 3.63) is 111 Å². The zero-order chi connectivity index (χ0) is 26.6. The number of hydrogen-bond donors (Lipinski definition) is 0. The molecular weight excluding hydrogens is 541 g/mol. The molecule has 0 saturated carbocycles. The van der Waals surface area contributed by atoms with Gasteiger partial charge in [-0.3, -0.25) is 14.5 Å². The average Bonchev–Trinajstić information content (AvgIpc) is 3.17. The molecule has 0 radical (unpaired) electrons. The van der Waals surface area contributed by atoms with Crippen molar-refractivity contribution in [2.75, 3.05) is 6.61 Å². The molecule has 1 aliphatic rings. The highest BCUT2D eigenvalue weighted by Gasteiger charge is 2.35. The van der Waals surface area contributed by atoms with Gasteiger partial charge in [0.15, 0.2) is 11.5 Å². The molecule has 0 N–H and O–H groups in total. The van der Waals surface area contributed by atoms with Crippen LogP contribution in [0.25, 0.3) is 16.8 Å². The molecular formula is C30H23Cl2NO4S. The van der Waals surface area contributed by atoms with Crippen LogP contribution in [-0.4, -0.2) is 22.7 Å². The van der Waals surface area contributed by atoms with E-state index in [4.69, 9.17) is 32.7 Å². The molecule has 5 rings (SSSR count). The molecule has 5 nitrogen and oxygen atoms in total. The van der Waals surface area contributed by atoms with Crippen LogP contribution in [0.1, 0.15) is 23.6 Å². The summed E-state index contributed by atoms with van der Waals surface area (Å²) >= 11 is 13.0. The standard InChI is InChI=1S/C30H23Cl2NO4S/c1-2-36-27-15-19(11-13-26(27)37-18-20-10-12-24(31)25(32)14-20)16-28-29(34)33(30(35)38-28)17-22-8-5-7-21-6-3-4-9-23(21)22/h3-16H,2,17-18H2,1H3/b28-16+. The van der Waals surface area contributed by atoms with Crippen LogP contribution in [0.2, 0.25) is 10.0 Å². The van der Waals surface area contributed by atoms with E-state index in [0.29, 0.717) is 33.1 Å². The summed E-state index contributed by atoms with van der Waals surface area (Å²) in [5.74, 6) is 0.779. The van der Waals surface area contributed by atoms with Gasteiger partial charge in [0.1, 0.15) is 6.61 Å². The van der Waals surface area contributed by atoms with Gasteiger partial charge >= 0.3 is 0 Å². The number of fused-ring (bicyclic) bond motifs is 1. The molecule has 192 valence electrons. The topological polar surface area (TPSA) is 55.8 Å². The molecule has 0 unspecified atom stereocenters. The Bertz CT molecular complexity index is 1560. The zero-order valence-corrected chi connectivity index (χ0v) is 22.8. The lowest BCUT2D eigenvalue weighted by atomic mass is 10.0. The molecule has 2 amide bonds. The first-order valence-electron chi connectivity index (χ1n) is 12.0. The summed E-state index contributed by atoms with van der Waals surface area (Å²) in [5, 5.41) is 2.74. The van der Waals surface area contributed by atoms with Crippen LogP contribution in [0.5, 0.6) is 11.5 Å². The minimum absolute atomic E-state index is 0.217. The van der Waals surface area contributed by atoms with Crippen LogP contribution >= 0.6 is 35.0 Å². The predicted molar refractivity (Wildman–Crippen MR) is 154 cm³/mol. The van der Waals surface area contributed by atoms with Crippen LogP contribution in [0.4, 0.5) is 4.79 Å². The lowest BCUT2D eigenvalue weighted by Gasteiger charge is -2.14. The number of imide groups is 1. The lowest BCUT2D eigenvalue weighted by Crippen LogP contribution is -2.27. The van der Waals surface area contributed by atoms with Crippen molar-refractivity contribution in [1.82, 2.24) is 4.90 Å². The number of carbonyl (C=O) groups excluding carboxylic acids is 2. The molecule has 4 aromatic rings.